The molecule has 0 saturated carbocycles. The number of urea groups is 1. The van der Waals surface area contributed by atoms with Gasteiger partial charge in [-0.05, 0) is 54.4 Å². The molecule has 214 valence electrons. The summed E-state index contributed by atoms with van der Waals surface area (Å²) >= 11 is 12.6. The first-order valence-corrected chi connectivity index (χ1v) is 14.5. The van der Waals surface area contributed by atoms with E-state index in [2.05, 4.69) is 31.4 Å². The number of amides is 4. The first-order chi connectivity index (χ1) is 18.8. The van der Waals surface area contributed by atoms with Gasteiger partial charge >= 0.3 is 6.03 Å². The van der Waals surface area contributed by atoms with Gasteiger partial charge in [0.2, 0.25) is 11.8 Å². The third-order valence-electron chi connectivity index (χ3n) is 8.52. The summed E-state index contributed by atoms with van der Waals surface area (Å²) in [7, 11) is 0. The number of fused-ring (bicyclic) bond motifs is 2. The first-order valence-electron chi connectivity index (χ1n) is 13.7. The van der Waals surface area contributed by atoms with E-state index in [4.69, 9.17) is 23.2 Å². The number of nitrogens with one attached hydrogen (secondary N) is 2. The highest BCUT2D eigenvalue weighted by Crippen LogP contribution is 2.60. The maximum Gasteiger partial charge on any atom is 0.318 e. The second kappa shape index (κ2) is 10.5. The van der Waals surface area contributed by atoms with Crippen LogP contribution < -0.4 is 10.6 Å². The van der Waals surface area contributed by atoms with Crippen LogP contribution >= 0.6 is 23.2 Å². The SMILES string of the molecule is CC(=O)N1CCC(NC(=O)N2C[C@@H](CC(C)(C)C)[C@@]3(C(=O)Nc4cc(Cl)ccc43)[C@H]2c2cccc(Cl)c2F)CC1. The summed E-state index contributed by atoms with van der Waals surface area (Å²) in [5, 5.41) is 6.53. The fraction of sp³-hybridized carbons (Fsp3) is 0.500. The van der Waals surface area contributed by atoms with E-state index in [1.165, 1.54) is 6.07 Å². The van der Waals surface area contributed by atoms with Crippen molar-refractivity contribution in [2.24, 2.45) is 11.3 Å². The molecule has 5 rings (SSSR count). The summed E-state index contributed by atoms with van der Waals surface area (Å²) < 4.78 is 15.9. The Morgan fingerprint density at radius 2 is 1.85 bits per heavy atom. The van der Waals surface area contributed by atoms with Crippen molar-refractivity contribution in [3.63, 3.8) is 0 Å². The van der Waals surface area contributed by atoms with Crippen molar-refractivity contribution in [3.8, 4) is 0 Å². The third-order valence-corrected chi connectivity index (χ3v) is 9.05. The minimum atomic E-state index is -1.26. The molecule has 10 heteroatoms. The minimum absolute atomic E-state index is 0.0128. The summed E-state index contributed by atoms with van der Waals surface area (Å²) in [5.41, 5.74) is 0.0293. The molecular weight excluding hydrogens is 554 g/mol. The topological polar surface area (TPSA) is 81.8 Å². The number of rotatable bonds is 3. The Morgan fingerprint density at radius 3 is 2.50 bits per heavy atom. The van der Waals surface area contributed by atoms with Crippen molar-refractivity contribution >= 4 is 46.7 Å². The molecule has 2 aromatic carbocycles. The van der Waals surface area contributed by atoms with E-state index in [1.54, 1.807) is 41.0 Å². The zero-order chi connectivity index (χ0) is 29.0. The predicted molar refractivity (Wildman–Crippen MR) is 154 cm³/mol. The number of carbonyl (C=O) groups is 3. The van der Waals surface area contributed by atoms with E-state index in [9.17, 15) is 14.4 Å². The molecule has 2 fully saturated rings. The molecule has 3 aliphatic rings. The lowest BCUT2D eigenvalue weighted by atomic mass is 9.63. The molecule has 2 saturated heterocycles. The van der Waals surface area contributed by atoms with Crippen LogP contribution in [0.5, 0.6) is 0 Å². The molecule has 0 bridgehead atoms. The lowest BCUT2D eigenvalue weighted by Gasteiger charge is -2.39. The molecule has 1 spiro atoms. The first kappa shape index (κ1) is 28.7. The van der Waals surface area contributed by atoms with E-state index in [0.717, 1.165) is 0 Å². The zero-order valence-electron chi connectivity index (χ0n) is 23.2. The van der Waals surface area contributed by atoms with Crippen molar-refractivity contribution in [1.82, 2.24) is 15.1 Å². The molecule has 2 aromatic rings. The van der Waals surface area contributed by atoms with Crippen LogP contribution in [0.1, 0.15) is 64.1 Å². The Kier molecular flexibility index (Phi) is 7.55. The molecule has 0 aromatic heterocycles. The van der Waals surface area contributed by atoms with Crippen molar-refractivity contribution < 1.29 is 18.8 Å². The van der Waals surface area contributed by atoms with Crippen molar-refractivity contribution in [2.45, 2.75) is 64.5 Å². The van der Waals surface area contributed by atoms with Crippen LogP contribution in [-0.4, -0.2) is 53.3 Å². The van der Waals surface area contributed by atoms with Gasteiger partial charge in [0.1, 0.15) is 11.2 Å². The fourth-order valence-electron chi connectivity index (χ4n) is 6.87. The number of likely N-dealkylation sites (tertiary alicyclic amines) is 2. The van der Waals surface area contributed by atoms with Gasteiger partial charge in [-0.3, -0.25) is 9.59 Å². The smallest absolute Gasteiger partial charge is 0.318 e. The van der Waals surface area contributed by atoms with Gasteiger partial charge in [-0.1, -0.05) is 62.2 Å². The largest absolute Gasteiger partial charge is 0.343 e. The second-order valence-electron chi connectivity index (χ2n) is 12.4. The van der Waals surface area contributed by atoms with Gasteiger partial charge in [-0.2, -0.15) is 0 Å². The summed E-state index contributed by atoms with van der Waals surface area (Å²) in [4.78, 5) is 43.4. The van der Waals surface area contributed by atoms with Crippen molar-refractivity contribution in [3.05, 3.63) is 63.4 Å². The average Bonchev–Trinajstić information content (AvgIpc) is 3.35. The molecule has 7 nitrogen and oxygen atoms in total. The van der Waals surface area contributed by atoms with Crippen LogP contribution in [0.25, 0.3) is 0 Å². The van der Waals surface area contributed by atoms with Crippen molar-refractivity contribution in [1.29, 1.82) is 0 Å². The molecule has 0 aliphatic carbocycles. The predicted octanol–water partition coefficient (Wildman–Crippen LogP) is 6.15. The quantitative estimate of drug-likeness (QED) is 0.451. The van der Waals surface area contributed by atoms with Gasteiger partial charge in [0, 0.05) is 48.9 Å². The highest BCUT2D eigenvalue weighted by atomic mass is 35.5. The van der Waals surface area contributed by atoms with Gasteiger partial charge in [0.05, 0.1) is 11.1 Å². The number of nitrogens with zero attached hydrogens (tertiary/aromatic N) is 2. The number of anilines is 1. The molecule has 4 amide bonds. The Morgan fingerprint density at radius 1 is 1.15 bits per heavy atom. The van der Waals surface area contributed by atoms with Gasteiger partial charge in [0.25, 0.3) is 0 Å². The highest BCUT2D eigenvalue weighted by molar-refractivity contribution is 6.31. The zero-order valence-corrected chi connectivity index (χ0v) is 24.7. The number of carbonyl (C=O) groups excluding carboxylic acids is 3. The molecule has 0 unspecified atom stereocenters. The molecule has 3 atom stereocenters. The Bertz CT molecular complexity index is 1350. The molecule has 40 heavy (non-hydrogen) atoms. The van der Waals surface area contributed by atoms with E-state index in [1.807, 2.05) is 6.07 Å². The molecule has 2 N–H and O–H groups in total. The summed E-state index contributed by atoms with van der Waals surface area (Å²) in [6.45, 7) is 9.19. The number of hydrogen-bond acceptors (Lipinski definition) is 3. The van der Waals surface area contributed by atoms with Crippen LogP contribution in [0.15, 0.2) is 36.4 Å². The monoisotopic (exact) mass is 588 g/mol. The normalized spacial score (nSPS) is 24.8. The maximum atomic E-state index is 15.9. The Balaban J connectivity index is 1.62. The third kappa shape index (κ3) is 4.94. The van der Waals surface area contributed by atoms with Gasteiger partial charge in [-0.15, -0.1) is 0 Å². The molecular formula is C30H35Cl2FN4O3. The fourth-order valence-corrected chi connectivity index (χ4v) is 7.22. The Labute approximate surface area is 244 Å². The number of piperidine rings is 1. The van der Waals surface area contributed by atoms with Crippen LogP contribution in [0, 0.1) is 17.2 Å². The number of benzene rings is 2. The summed E-state index contributed by atoms with van der Waals surface area (Å²) in [6, 6.07) is 8.52. The van der Waals surface area contributed by atoms with Crippen LogP contribution in [0.2, 0.25) is 10.0 Å². The lowest BCUT2D eigenvalue weighted by Crippen LogP contribution is -2.51. The van der Waals surface area contributed by atoms with Gasteiger partial charge in [-0.25, -0.2) is 9.18 Å². The number of hydrogen-bond donors (Lipinski definition) is 2. The van der Waals surface area contributed by atoms with Crippen molar-refractivity contribution in [2.75, 3.05) is 25.0 Å². The average molecular weight is 590 g/mol. The standard InChI is InChI=1S/C30H35Cl2FN4O3/c1-17(38)36-12-10-20(11-13-36)34-28(40)37-16-18(15-29(2,3)4)30(26(37)21-6-5-7-23(32)25(21)33)22-9-8-19(31)14-24(22)35-27(30)39/h5-9,14,18,20,26H,10-13,15-16H2,1-4H3,(H,34,40)(H,35,39)/t18-,26-,30+/m1/s1. The molecule has 0 radical (unpaired) electrons. The van der Waals surface area contributed by atoms with Gasteiger partial charge in [0.15, 0.2) is 0 Å². The Hall–Kier alpha value is -2.84. The van der Waals surface area contributed by atoms with Crippen LogP contribution in [0.3, 0.4) is 0 Å². The highest BCUT2D eigenvalue weighted by Gasteiger charge is 2.65. The van der Waals surface area contributed by atoms with Crippen LogP contribution in [0.4, 0.5) is 14.9 Å². The van der Waals surface area contributed by atoms with Crippen LogP contribution in [-0.2, 0) is 15.0 Å². The minimum Gasteiger partial charge on any atom is -0.343 e. The lowest BCUT2D eigenvalue weighted by molar-refractivity contribution is -0.129. The molecule has 3 heterocycles. The van der Waals surface area contributed by atoms with E-state index < -0.39 is 17.3 Å². The van der Waals surface area contributed by atoms with E-state index >= 15 is 4.39 Å². The van der Waals surface area contributed by atoms with Gasteiger partial charge < -0.3 is 20.4 Å². The number of halogens is 3. The molecule has 3 aliphatic heterocycles. The maximum absolute atomic E-state index is 15.9. The summed E-state index contributed by atoms with van der Waals surface area (Å²) in [5.74, 6) is -1.23. The summed E-state index contributed by atoms with van der Waals surface area (Å²) in [6.07, 6.45) is 1.85. The van der Waals surface area contributed by atoms with E-state index in [0.29, 0.717) is 48.6 Å². The van der Waals surface area contributed by atoms with E-state index in [-0.39, 0.29) is 52.4 Å². The second-order valence-corrected chi connectivity index (χ2v) is 13.2.